The van der Waals surface area contributed by atoms with Crippen LogP contribution in [0.2, 0.25) is 0 Å². The number of rotatable bonds is 4. The zero-order valence-corrected chi connectivity index (χ0v) is 13.0. The predicted octanol–water partition coefficient (Wildman–Crippen LogP) is 3.13. The molecule has 1 aliphatic rings. The summed E-state index contributed by atoms with van der Waals surface area (Å²) in [6.07, 6.45) is 3.99. The van der Waals surface area contributed by atoms with Crippen molar-refractivity contribution in [3.8, 4) is 5.75 Å². The van der Waals surface area contributed by atoms with Crippen molar-refractivity contribution in [1.29, 1.82) is 0 Å². The zero-order valence-electron chi connectivity index (χ0n) is 13.0. The van der Waals surface area contributed by atoms with Crippen LogP contribution in [0.5, 0.6) is 5.75 Å². The summed E-state index contributed by atoms with van der Waals surface area (Å²) in [5.74, 6) is 0.972. The van der Waals surface area contributed by atoms with E-state index < -0.39 is 6.16 Å². The minimum Gasteiger partial charge on any atom is -0.437 e. The molecule has 5 heteroatoms. The number of carbonyl (C=O) groups is 1. The van der Waals surface area contributed by atoms with Crippen LogP contribution in [0.25, 0.3) is 0 Å². The normalized spacial score (nSPS) is 15.4. The Hall–Kier alpha value is -1.75. The summed E-state index contributed by atoms with van der Waals surface area (Å²) in [4.78, 5) is 13.5. The molecule has 21 heavy (non-hydrogen) atoms. The highest BCUT2D eigenvalue weighted by atomic mass is 16.7. The fourth-order valence-electron chi connectivity index (χ4n) is 2.91. The van der Waals surface area contributed by atoms with Crippen molar-refractivity contribution in [2.24, 2.45) is 0 Å². The van der Waals surface area contributed by atoms with Crippen LogP contribution in [0.3, 0.4) is 0 Å². The molecule has 0 radical (unpaired) electrons. The number of hydrogen-bond donors (Lipinski definition) is 1. The molecule has 0 aliphatic heterocycles. The smallest absolute Gasteiger partial charge is 0.437 e. The zero-order chi connectivity index (χ0) is 15.4. The van der Waals surface area contributed by atoms with E-state index in [-0.39, 0.29) is 0 Å². The quantitative estimate of drug-likeness (QED) is 0.524. The van der Waals surface area contributed by atoms with Crippen molar-refractivity contribution in [1.82, 2.24) is 4.90 Å². The molecule has 0 unspecified atom stereocenters. The highest BCUT2D eigenvalue weighted by Gasteiger charge is 2.23. The van der Waals surface area contributed by atoms with E-state index in [2.05, 4.69) is 15.7 Å². The van der Waals surface area contributed by atoms with Crippen molar-refractivity contribution >= 4 is 11.8 Å². The molecule has 0 amide bonds. The molecular weight excluding hydrogens is 268 g/mol. The van der Waals surface area contributed by atoms with E-state index in [1.165, 1.54) is 20.0 Å². The van der Waals surface area contributed by atoms with Gasteiger partial charge in [-0.3, -0.25) is 0 Å². The molecule has 116 valence electrons. The summed E-state index contributed by atoms with van der Waals surface area (Å²) >= 11 is 0. The molecule has 1 aliphatic carbocycles. The molecular formula is C16H24N2O3. The topological polar surface area (TPSA) is 64.8 Å². The minimum absolute atomic E-state index is 0.436. The fraction of sp³-hybridized carbons (Fsp3) is 0.562. The number of hydrogen-bond acceptors (Lipinski definition) is 5. The van der Waals surface area contributed by atoms with Gasteiger partial charge in [0.1, 0.15) is 5.75 Å². The number of nitrogens with two attached hydrogens (primary N) is 1. The van der Waals surface area contributed by atoms with Crippen molar-refractivity contribution in [3.63, 3.8) is 0 Å². The van der Waals surface area contributed by atoms with Crippen LogP contribution in [0, 0.1) is 0 Å². The molecule has 0 bridgehead atoms. The summed E-state index contributed by atoms with van der Waals surface area (Å²) in [5.41, 5.74) is 8.88. The number of nitrogens with zero attached hydrogens (tertiary/aromatic N) is 1. The first-order valence-corrected chi connectivity index (χ1v) is 7.34. The summed E-state index contributed by atoms with van der Waals surface area (Å²) in [6, 6.07) is 3.84. The van der Waals surface area contributed by atoms with Crippen LogP contribution in [-0.4, -0.2) is 32.3 Å². The molecule has 1 aromatic rings. The lowest BCUT2D eigenvalue weighted by Crippen LogP contribution is -2.15. The van der Waals surface area contributed by atoms with Gasteiger partial charge in [0.25, 0.3) is 0 Å². The van der Waals surface area contributed by atoms with E-state index >= 15 is 0 Å². The molecule has 1 fully saturated rings. The Kier molecular flexibility index (Phi) is 5.07. The van der Waals surface area contributed by atoms with E-state index in [0.717, 1.165) is 30.5 Å². The van der Waals surface area contributed by atoms with E-state index in [1.807, 2.05) is 14.1 Å². The first kappa shape index (κ1) is 15.6. The second kappa shape index (κ2) is 6.80. The van der Waals surface area contributed by atoms with Gasteiger partial charge in [-0.15, -0.1) is 0 Å². The van der Waals surface area contributed by atoms with Gasteiger partial charge in [-0.1, -0.05) is 12.8 Å². The number of nitrogen functional groups attached to an aromatic ring is 1. The van der Waals surface area contributed by atoms with Crippen LogP contribution in [0.1, 0.15) is 42.7 Å². The Balaban J connectivity index is 2.37. The molecule has 0 aromatic heterocycles. The van der Waals surface area contributed by atoms with Crippen molar-refractivity contribution < 1.29 is 14.3 Å². The van der Waals surface area contributed by atoms with Gasteiger partial charge >= 0.3 is 6.16 Å². The molecule has 0 saturated heterocycles. The fourth-order valence-corrected chi connectivity index (χ4v) is 2.91. The summed E-state index contributed by atoms with van der Waals surface area (Å²) < 4.78 is 9.89. The number of methoxy groups -OCH3 is 1. The van der Waals surface area contributed by atoms with Gasteiger partial charge in [0.2, 0.25) is 0 Å². The third-order valence-electron chi connectivity index (χ3n) is 3.91. The lowest BCUT2D eigenvalue weighted by Gasteiger charge is -2.19. The number of benzene rings is 1. The van der Waals surface area contributed by atoms with Gasteiger partial charge in [0.15, 0.2) is 0 Å². The van der Waals surface area contributed by atoms with Gasteiger partial charge in [-0.2, -0.15) is 0 Å². The average molecular weight is 292 g/mol. The Morgan fingerprint density at radius 3 is 2.57 bits per heavy atom. The highest BCUT2D eigenvalue weighted by Crippen LogP contribution is 2.40. The van der Waals surface area contributed by atoms with E-state index in [4.69, 9.17) is 10.5 Å². The number of anilines is 1. The van der Waals surface area contributed by atoms with Crippen LogP contribution in [0.4, 0.5) is 10.5 Å². The molecule has 0 heterocycles. The third-order valence-corrected chi connectivity index (χ3v) is 3.91. The maximum Gasteiger partial charge on any atom is 0.513 e. The molecule has 2 rings (SSSR count). The van der Waals surface area contributed by atoms with Crippen LogP contribution >= 0.6 is 0 Å². The van der Waals surface area contributed by atoms with Crippen molar-refractivity contribution in [3.05, 3.63) is 23.3 Å². The van der Waals surface area contributed by atoms with Crippen LogP contribution in [0.15, 0.2) is 12.1 Å². The largest absolute Gasteiger partial charge is 0.513 e. The standard InChI is InChI=1S/C16H24N2O3/c1-18(2)10-12-8-13(11-6-4-5-7-11)15(9-14(12)17)21-16(19)20-3/h8-9,11H,4-7,10,17H2,1-3H3. The maximum absolute atomic E-state index is 11.4. The van der Waals surface area contributed by atoms with Crippen LogP contribution in [-0.2, 0) is 11.3 Å². The summed E-state index contributed by atoms with van der Waals surface area (Å²) in [6.45, 7) is 0.768. The number of carbonyl (C=O) groups excluding carboxylic acids is 1. The predicted molar refractivity (Wildman–Crippen MR) is 82.5 cm³/mol. The summed E-state index contributed by atoms with van der Waals surface area (Å²) in [5, 5.41) is 0. The first-order chi connectivity index (χ1) is 10.0. The Morgan fingerprint density at radius 1 is 1.33 bits per heavy atom. The lowest BCUT2D eigenvalue weighted by molar-refractivity contribution is 0.121. The first-order valence-electron chi connectivity index (χ1n) is 7.34. The SMILES string of the molecule is COC(=O)Oc1cc(N)c(CN(C)C)cc1C1CCCC1. The van der Waals surface area contributed by atoms with Gasteiger partial charge in [0, 0.05) is 18.3 Å². The lowest BCUT2D eigenvalue weighted by atomic mass is 9.94. The molecule has 1 aromatic carbocycles. The third kappa shape index (κ3) is 3.88. The number of ether oxygens (including phenoxy) is 2. The Labute approximate surface area is 126 Å². The van der Waals surface area contributed by atoms with E-state index in [1.54, 1.807) is 6.07 Å². The Morgan fingerprint density at radius 2 is 2.00 bits per heavy atom. The van der Waals surface area contributed by atoms with E-state index in [0.29, 0.717) is 17.4 Å². The second-order valence-electron chi connectivity index (χ2n) is 5.86. The van der Waals surface area contributed by atoms with Crippen molar-refractivity contribution in [2.75, 3.05) is 26.9 Å². The van der Waals surface area contributed by atoms with Gasteiger partial charge in [-0.25, -0.2) is 4.79 Å². The highest BCUT2D eigenvalue weighted by molar-refractivity contribution is 5.67. The molecule has 5 nitrogen and oxygen atoms in total. The molecule has 2 N–H and O–H groups in total. The monoisotopic (exact) mass is 292 g/mol. The van der Waals surface area contributed by atoms with Crippen LogP contribution < -0.4 is 10.5 Å². The van der Waals surface area contributed by atoms with Gasteiger partial charge < -0.3 is 20.1 Å². The minimum atomic E-state index is -0.700. The van der Waals surface area contributed by atoms with Gasteiger partial charge in [-0.05, 0) is 50.0 Å². The molecule has 1 saturated carbocycles. The van der Waals surface area contributed by atoms with Gasteiger partial charge in [0.05, 0.1) is 7.11 Å². The molecule has 0 atom stereocenters. The molecule has 0 spiro atoms. The maximum atomic E-state index is 11.4. The summed E-state index contributed by atoms with van der Waals surface area (Å²) in [7, 11) is 5.32. The van der Waals surface area contributed by atoms with Crippen molar-refractivity contribution in [2.45, 2.75) is 38.1 Å². The second-order valence-corrected chi connectivity index (χ2v) is 5.86. The van der Waals surface area contributed by atoms with E-state index in [9.17, 15) is 4.79 Å². The average Bonchev–Trinajstić information content (AvgIpc) is 2.95. The Bertz CT molecular complexity index is 508.